The fraction of sp³-hybridized carbons (Fsp3) is 0.0625. The van der Waals surface area contributed by atoms with E-state index in [9.17, 15) is 0 Å². The van der Waals surface area contributed by atoms with E-state index in [0.29, 0.717) is 11.8 Å². The Balaban J connectivity index is 1.62. The Morgan fingerprint density at radius 3 is 0.917 bits per heavy atom. The minimum absolute atomic E-state index is 0.666. The zero-order chi connectivity index (χ0) is 24.6. The van der Waals surface area contributed by atoms with Gasteiger partial charge >= 0.3 is 0 Å². The van der Waals surface area contributed by atoms with Gasteiger partial charge < -0.3 is 4.57 Å². The van der Waals surface area contributed by atoms with Gasteiger partial charge in [-0.15, -0.1) is 0 Å². The molecule has 5 rings (SSSR count). The highest BCUT2D eigenvalue weighted by molar-refractivity contribution is 7.94. The molecule has 0 fully saturated rings. The topological polar surface area (TPSA) is 17.1 Å². The molecule has 0 unspecified atom stereocenters. The summed E-state index contributed by atoms with van der Waals surface area (Å²) in [6, 6.07) is 52.9. The van der Waals surface area contributed by atoms with Crippen LogP contribution in [0, 0.1) is 0 Å². The number of rotatable bonds is 9. The first-order chi connectivity index (χ1) is 17.7. The summed E-state index contributed by atoms with van der Waals surface area (Å²) < 4.78 is 15.4. The molecule has 1 nitrogen and oxygen atoms in total. The van der Waals surface area contributed by atoms with Gasteiger partial charge in [-0.2, -0.15) is 0 Å². The Bertz CT molecular complexity index is 1230. The van der Waals surface area contributed by atoms with E-state index in [2.05, 4.69) is 133 Å². The fourth-order valence-corrected chi connectivity index (χ4v) is 16.6. The molecule has 178 valence electrons. The Morgan fingerprint density at radius 2 is 0.639 bits per heavy atom. The van der Waals surface area contributed by atoms with Crippen molar-refractivity contribution in [2.45, 2.75) is 0 Å². The van der Waals surface area contributed by atoms with Gasteiger partial charge in [0.15, 0.2) is 0 Å². The van der Waals surface area contributed by atoms with E-state index in [4.69, 9.17) is 0 Å². The predicted molar refractivity (Wildman–Crippen MR) is 162 cm³/mol. The predicted octanol–water partition coefficient (Wildman–Crippen LogP) is 6.86. The average Bonchev–Trinajstić information content (AvgIpc) is 2.97. The lowest BCUT2D eigenvalue weighted by Gasteiger charge is -2.30. The first-order valence-corrected chi connectivity index (χ1v) is 17.2. The van der Waals surface area contributed by atoms with Gasteiger partial charge in [0, 0.05) is 17.1 Å². The van der Waals surface area contributed by atoms with Gasteiger partial charge in [-0.25, -0.2) is 0 Å². The van der Waals surface area contributed by atoms with Crippen molar-refractivity contribution >= 4 is 49.5 Å². The highest BCUT2D eigenvalue weighted by Gasteiger charge is 2.34. The summed E-state index contributed by atoms with van der Waals surface area (Å²) in [5, 5.41) is 6.10. The van der Waals surface area contributed by atoms with E-state index in [1.54, 1.807) is 0 Å². The van der Waals surface area contributed by atoms with Crippen LogP contribution in [0.4, 0.5) is 0 Å². The molecule has 0 saturated heterocycles. The van der Waals surface area contributed by atoms with Crippen molar-refractivity contribution in [3.63, 3.8) is 0 Å². The summed E-state index contributed by atoms with van der Waals surface area (Å²) in [6.45, 7) is 0. The minimum atomic E-state index is -2.79. The second-order valence-corrected chi connectivity index (χ2v) is 17.0. The van der Waals surface area contributed by atoms with E-state index in [0.717, 1.165) is 5.30 Å². The van der Waals surface area contributed by atoms with Crippen LogP contribution in [0.2, 0.25) is 0 Å². The van der Waals surface area contributed by atoms with Crippen molar-refractivity contribution in [3.05, 3.63) is 152 Å². The van der Waals surface area contributed by atoms with E-state index in [-0.39, 0.29) is 0 Å². The zero-order valence-electron chi connectivity index (χ0n) is 20.1. The minimum Gasteiger partial charge on any atom is -0.318 e. The molecule has 36 heavy (non-hydrogen) atoms. The molecular weight excluding hydrogens is 493 g/mol. The van der Waals surface area contributed by atoms with Crippen molar-refractivity contribution in [2.75, 3.05) is 11.8 Å². The molecular formula is C32H29OP3. The van der Waals surface area contributed by atoms with E-state index in [1.807, 2.05) is 18.2 Å². The lowest BCUT2D eigenvalue weighted by molar-refractivity contribution is 0.587. The molecule has 0 heterocycles. The fourth-order valence-electron chi connectivity index (χ4n) is 4.42. The Labute approximate surface area is 217 Å². The van der Waals surface area contributed by atoms with Gasteiger partial charge in [-0.1, -0.05) is 152 Å². The smallest absolute Gasteiger partial charge is 0.125 e. The molecule has 0 aliphatic rings. The Hall–Kier alpha value is -2.81. The largest absolute Gasteiger partial charge is 0.318 e. The first-order valence-electron chi connectivity index (χ1n) is 12.1. The van der Waals surface area contributed by atoms with Crippen LogP contribution in [0.1, 0.15) is 0 Å². The second kappa shape index (κ2) is 12.0. The number of benzene rings is 5. The van der Waals surface area contributed by atoms with Crippen molar-refractivity contribution in [1.82, 2.24) is 0 Å². The van der Waals surface area contributed by atoms with Crippen LogP contribution in [-0.2, 0) is 4.57 Å². The summed E-state index contributed by atoms with van der Waals surface area (Å²) in [4.78, 5) is 0. The van der Waals surface area contributed by atoms with Crippen molar-refractivity contribution in [3.8, 4) is 0 Å². The normalized spacial score (nSPS) is 11.6. The van der Waals surface area contributed by atoms with E-state index in [1.165, 1.54) is 21.2 Å². The maximum absolute atomic E-state index is 15.4. The summed E-state index contributed by atoms with van der Waals surface area (Å²) in [5.74, 6) is 1.33. The molecule has 0 bridgehead atoms. The Kier molecular flexibility index (Phi) is 8.25. The molecule has 5 aromatic carbocycles. The first kappa shape index (κ1) is 24.9. The molecule has 0 spiro atoms. The van der Waals surface area contributed by atoms with Gasteiger partial charge in [0.25, 0.3) is 0 Å². The van der Waals surface area contributed by atoms with Gasteiger partial charge in [-0.05, 0) is 37.1 Å². The van der Waals surface area contributed by atoms with Crippen molar-refractivity contribution < 1.29 is 4.57 Å². The second-order valence-electron chi connectivity index (χ2n) is 8.71. The third kappa shape index (κ3) is 5.94. The molecule has 0 N–H and O–H groups in total. The molecule has 5 aromatic rings. The van der Waals surface area contributed by atoms with Gasteiger partial charge in [0.05, 0.1) is 0 Å². The third-order valence-corrected chi connectivity index (χ3v) is 17.1. The monoisotopic (exact) mass is 522 g/mol. The maximum Gasteiger partial charge on any atom is 0.125 e. The zero-order valence-corrected chi connectivity index (χ0v) is 22.8. The van der Waals surface area contributed by atoms with E-state index < -0.39 is 23.0 Å². The maximum atomic E-state index is 15.4. The molecule has 0 aliphatic carbocycles. The molecule has 0 aromatic heterocycles. The molecule has 0 atom stereocenters. The van der Waals surface area contributed by atoms with Crippen LogP contribution in [0.5, 0.6) is 0 Å². The van der Waals surface area contributed by atoms with Crippen LogP contribution in [0.3, 0.4) is 0 Å². The third-order valence-electron chi connectivity index (χ3n) is 6.24. The SMILES string of the molecule is O=P(CP(c1ccccc1)c1ccccc1)(CP(c1ccccc1)c1ccccc1)c1ccccc1. The van der Waals surface area contributed by atoms with Gasteiger partial charge in [0.1, 0.15) is 7.14 Å². The quantitative estimate of drug-likeness (QED) is 0.194. The van der Waals surface area contributed by atoms with Crippen LogP contribution < -0.4 is 26.5 Å². The lowest BCUT2D eigenvalue weighted by atomic mass is 10.4. The van der Waals surface area contributed by atoms with Crippen molar-refractivity contribution in [2.24, 2.45) is 0 Å². The van der Waals surface area contributed by atoms with Gasteiger partial charge in [-0.3, -0.25) is 0 Å². The molecule has 0 radical (unpaired) electrons. The Morgan fingerprint density at radius 1 is 0.389 bits per heavy atom. The van der Waals surface area contributed by atoms with Crippen LogP contribution in [-0.4, -0.2) is 11.8 Å². The van der Waals surface area contributed by atoms with Crippen molar-refractivity contribution in [1.29, 1.82) is 0 Å². The van der Waals surface area contributed by atoms with Gasteiger partial charge in [0.2, 0.25) is 0 Å². The summed E-state index contributed by atoms with van der Waals surface area (Å²) in [7, 11) is -4.36. The summed E-state index contributed by atoms with van der Waals surface area (Å²) in [5.41, 5.74) is 0. The lowest BCUT2D eigenvalue weighted by Crippen LogP contribution is -2.21. The van der Waals surface area contributed by atoms with Crippen LogP contribution in [0.25, 0.3) is 0 Å². The summed E-state index contributed by atoms with van der Waals surface area (Å²) >= 11 is 0. The highest BCUT2D eigenvalue weighted by Crippen LogP contribution is 2.61. The number of hydrogen-bond acceptors (Lipinski definition) is 1. The molecule has 0 amide bonds. The van der Waals surface area contributed by atoms with Crippen LogP contribution >= 0.6 is 23.0 Å². The highest BCUT2D eigenvalue weighted by atomic mass is 31.2. The average molecular weight is 523 g/mol. The molecule has 4 heteroatoms. The van der Waals surface area contributed by atoms with E-state index >= 15 is 4.57 Å². The standard InChI is InChI=1S/C32H29OP3/c33-36(32-24-14-5-15-25-32,26-34(28-16-6-1-7-17-28)29-18-8-2-9-19-29)27-35(30-20-10-3-11-21-30)31-22-12-4-13-23-31/h1-25H,26-27H2. The summed E-state index contributed by atoms with van der Waals surface area (Å²) in [6.07, 6.45) is 0. The molecule has 0 saturated carbocycles. The number of hydrogen-bond donors (Lipinski definition) is 0. The van der Waals surface area contributed by atoms with Crippen LogP contribution in [0.15, 0.2) is 152 Å². The molecule has 0 aliphatic heterocycles.